The first-order valence-electron chi connectivity index (χ1n) is 5.63. The van der Waals surface area contributed by atoms with Crippen LogP contribution in [0.3, 0.4) is 0 Å². The average Bonchev–Trinajstić information content (AvgIpc) is 2.54. The van der Waals surface area contributed by atoms with Crippen LogP contribution in [-0.4, -0.2) is 15.7 Å². The molecule has 0 atom stereocenters. The van der Waals surface area contributed by atoms with Gasteiger partial charge in [-0.3, -0.25) is 0 Å². The van der Waals surface area contributed by atoms with Crippen LogP contribution in [0.1, 0.15) is 18.4 Å². The third-order valence-electron chi connectivity index (χ3n) is 2.77. The quantitative estimate of drug-likeness (QED) is 0.825. The van der Waals surface area contributed by atoms with Gasteiger partial charge in [0.05, 0.1) is 11.0 Å². The molecule has 0 unspecified atom stereocenters. The summed E-state index contributed by atoms with van der Waals surface area (Å²) in [6, 6.07) is 5.75. The number of hydrogen-bond acceptors (Lipinski definition) is 1. The first kappa shape index (κ1) is 13.1. The zero-order valence-electron chi connectivity index (χ0n) is 9.84. The zero-order chi connectivity index (χ0) is 13.3. The van der Waals surface area contributed by atoms with Crippen LogP contribution in [0, 0.1) is 11.7 Å². The van der Waals surface area contributed by atoms with Crippen molar-refractivity contribution in [2.24, 2.45) is 0 Å². The first-order valence-corrected chi connectivity index (χ1v) is 6.03. The number of H-pyrrole nitrogens is 1. The molecule has 0 aliphatic carbocycles. The number of imidazole rings is 1. The Bertz CT molecular complexity index is 610. The molecule has 0 saturated carbocycles. The fourth-order valence-corrected chi connectivity index (χ4v) is 2.22. The molecule has 0 fully saturated rings. The minimum Gasteiger partial charge on any atom is -0.331 e. The number of benzene rings is 1. The van der Waals surface area contributed by atoms with Crippen molar-refractivity contribution in [2.45, 2.75) is 32.5 Å². The third-order valence-corrected chi connectivity index (χ3v) is 3.10. The Kier molecular flexibility index (Phi) is 3.47. The molecule has 1 N–H and O–H groups in total. The second-order valence-corrected chi connectivity index (χ2v) is 4.71. The number of aromatic amines is 1. The number of aromatic nitrogens is 2. The highest BCUT2D eigenvalue weighted by atomic mass is 32.1. The van der Waals surface area contributed by atoms with Gasteiger partial charge in [-0.25, -0.2) is 0 Å². The monoisotopic (exact) mass is 274 g/mol. The van der Waals surface area contributed by atoms with Gasteiger partial charge < -0.3 is 9.55 Å². The maximum absolute atomic E-state index is 12.1. The number of aryl methyl sites for hydroxylation is 2. The Hall–Kier alpha value is -1.30. The van der Waals surface area contributed by atoms with Crippen LogP contribution >= 0.6 is 12.2 Å². The van der Waals surface area contributed by atoms with E-state index in [1.807, 2.05) is 25.1 Å². The average molecular weight is 274 g/mol. The third kappa shape index (κ3) is 2.93. The molecule has 0 radical (unpaired) electrons. The number of nitrogens with zero attached hydrogens (tertiary/aromatic N) is 1. The molecule has 2 nitrogen and oxygen atoms in total. The molecular formula is C12H13F3N2S. The molecule has 18 heavy (non-hydrogen) atoms. The zero-order valence-corrected chi connectivity index (χ0v) is 10.7. The van der Waals surface area contributed by atoms with E-state index in [-0.39, 0.29) is 13.0 Å². The number of nitrogens with one attached hydrogen (secondary N) is 1. The summed E-state index contributed by atoms with van der Waals surface area (Å²) in [4.78, 5) is 3.00. The Morgan fingerprint density at radius 2 is 2.06 bits per heavy atom. The molecule has 0 aliphatic rings. The van der Waals surface area contributed by atoms with Crippen molar-refractivity contribution in [1.82, 2.24) is 9.55 Å². The smallest absolute Gasteiger partial charge is 0.331 e. The predicted octanol–water partition coefficient (Wildman–Crippen LogP) is 4.35. The summed E-state index contributed by atoms with van der Waals surface area (Å²) in [6.07, 6.45) is -4.85. The van der Waals surface area contributed by atoms with Crippen molar-refractivity contribution in [3.63, 3.8) is 0 Å². The molecule has 0 aliphatic heterocycles. The van der Waals surface area contributed by atoms with Gasteiger partial charge in [0.15, 0.2) is 4.77 Å². The number of rotatable bonds is 3. The van der Waals surface area contributed by atoms with Crippen molar-refractivity contribution in [3.8, 4) is 0 Å². The Morgan fingerprint density at radius 3 is 2.72 bits per heavy atom. The normalized spacial score (nSPS) is 12.2. The van der Waals surface area contributed by atoms with Crippen molar-refractivity contribution in [3.05, 3.63) is 28.5 Å². The van der Waals surface area contributed by atoms with Crippen molar-refractivity contribution < 1.29 is 13.2 Å². The van der Waals surface area contributed by atoms with Crippen LogP contribution in [0.15, 0.2) is 18.2 Å². The van der Waals surface area contributed by atoms with Gasteiger partial charge in [-0.05, 0) is 43.3 Å². The van der Waals surface area contributed by atoms with E-state index in [1.54, 1.807) is 4.57 Å². The Labute approximate surface area is 107 Å². The largest absolute Gasteiger partial charge is 0.389 e. The van der Waals surface area contributed by atoms with Crippen LogP contribution in [0.5, 0.6) is 0 Å². The lowest BCUT2D eigenvalue weighted by Gasteiger charge is -2.07. The van der Waals surface area contributed by atoms with Gasteiger partial charge in [0.2, 0.25) is 0 Å². The molecule has 0 bridgehead atoms. The predicted molar refractivity (Wildman–Crippen MR) is 67.1 cm³/mol. The summed E-state index contributed by atoms with van der Waals surface area (Å²) in [6.45, 7) is 2.22. The van der Waals surface area contributed by atoms with Gasteiger partial charge in [0.25, 0.3) is 0 Å². The van der Waals surface area contributed by atoms with Crippen LogP contribution in [0.4, 0.5) is 13.2 Å². The highest BCUT2D eigenvalue weighted by Crippen LogP contribution is 2.23. The molecule has 1 aromatic carbocycles. The summed E-state index contributed by atoms with van der Waals surface area (Å²) in [7, 11) is 0. The summed E-state index contributed by atoms with van der Waals surface area (Å²) in [5.74, 6) is 0. The highest BCUT2D eigenvalue weighted by Gasteiger charge is 2.26. The first-order chi connectivity index (χ1) is 8.37. The summed E-state index contributed by atoms with van der Waals surface area (Å²) >= 11 is 5.13. The second-order valence-electron chi connectivity index (χ2n) is 4.32. The SMILES string of the molecule is Cc1ccc2[nH]c(=S)n(CCCC(F)(F)F)c2c1. The maximum atomic E-state index is 12.1. The lowest BCUT2D eigenvalue weighted by Crippen LogP contribution is -2.09. The molecule has 2 aromatic rings. The topological polar surface area (TPSA) is 20.7 Å². The van der Waals surface area contributed by atoms with Crippen LogP contribution in [0.25, 0.3) is 11.0 Å². The lowest BCUT2D eigenvalue weighted by molar-refractivity contribution is -0.135. The fraction of sp³-hybridized carbons (Fsp3) is 0.417. The molecule has 1 heterocycles. The standard InChI is InChI=1S/C12H13F3N2S/c1-8-3-4-9-10(7-8)17(11(18)16-9)6-2-5-12(13,14)15/h3-4,7H,2,5-6H2,1H3,(H,16,18). The van der Waals surface area contributed by atoms with Crippen LogP contribution < -0.4 is 0 Å². The molecule has 2 rings (SSSR count). The molecular weight excluding hydrogens is 261 g/mol. The summed E-state index contributed by atoms with van der Waals surface area (Å²) in [5, 5.41) is 0. The fourth-order valence-electron chi connectivity index (χ4n) is 1.92. The van der Waals surface area contributed by atoms with E-state index in [0.717, 1.165) is 16.6 Å². The van der Waals surface area contributed by atoms with E-state index < -0.39 is 12.6 Å². The van der Waals surface area contributed by atoms with Crippen molar-refractivity contribution in [1.29, 1.82) is 0 Å². The molecule has 6 heteroatoms. The molecule has 0 saturated heterocycles. The number of alkyl halides is 3. The lowest BCUT2D eigenvalue weighted by atomic mass is 10.2. The van der Waals surface area contributed by atoms with Crippen molar-refractivity contribution in [2.75, 3.05) is 0 Å². The van der Waals surface area contributed by atoms with Crippen molar-refractivity contribution >= 4 is 23.3 Å². The summed E-state index contributed by atoms with van der Waals surface area (Å²) in [5.41, 5.74) is 2.78. The van der Waals surface area contributed by atoms with Gasteiger partial charge >= 0.3 is 6.18 Å². The van der Waals surface area contributed by atoms with E-state index in [9.17, 15) is 13.2 Å². The van der Waals surface area contributed by atoms with Crippen LogP contribution in [-0.2, 0) is 6.54 Å². The molecule has 0 spiro atoms. The molecule has 1 aromatic heterocycles. The second kappa shape index (κ2) is 4.76. The number of fused-ring (bicyclic) bond motifs is 1. The van der Waals surface area contributed by atoms with E-state index >= 15 is 0 Å². The summed E-state index contributed by atoms with van der Waals surface area (Å²) < 4.78 is 38.6. The minimum absolute atomic E-state index is 0.0404. The Balaban J connectivity index is 2.25. The number of halogens is 3. The number of hydrogen-bond donors (Lipinski definition) is 1. The van der Waals surface area contributed by atoms with E-state index in [0.29, 0.717) is 4.77 Å². The van der Waals surface area contributed by atoms with Gasteiger partial charge in [-0.15, -0.1) is 0 Å². The Morgan fingerprint density at radius 1 is 1.33 bits per heavy atom. The van der Waals surface area contributed by atoms with E-state index in [4.69, 9.17) is 12.2 Å². The van der Waals surface area contributed by atoms with Gasteiger partial charge in [0, 0.05) is 13.0 Å². The molecule has 98 valence electrons. The van der Waals surface area contributed by atoms with E-state index in [2.05, 4.69) is 4.98 Å². The van der Waals surface area contributed by atoms with E-state index in [1.165, 1.54) is 0 Å². The van der Waals surface area contributed by atoms with Gasteiger partial charge in [-0.1, -0.05) is 6.07 Å². The maximum Gasteiger partial charge on any atom is 0.389 e. The van der Waals surface area contributed by atoms with Crippen LogP contribution in [0.2, 0.25) is 0 Å². The van der Waals surface area contributed by atoms with Gasteiger partial charge in [0.1, 0.15) is 0 Å². The molecule has 0 amide bonds. The highest BCUT2D eigenvalue weighted by molar-refractivity contribution is 7.71. The minimum atomic E-state index is -4.11. The van der Waals surface area contributed by atoms with Gasteiger partial charge in [-0.2, -0.15) is 13.2 Å².